The van der Waals surface area contributed by atoms with Crippen LogP contribution in [0.2, 0.25) is 0 Å². The Bertz CT molecular complexity index is 518. The van der Waals surface area contributed by atoms with Gasteiger partial charge >= 0.3 is 0 Å². The van der Waals surface area contributed by atoms with E-state index in [-0.39, 0.29) is 24.6 Å². The number of amides is 1. The van der Waals surface area contributed by atoms with Crippen LogP contribution in [-0.4, -0.2) is 40.9 Å². The molecule has 0 bridgehead atoms. The quantitative estimate of drug-likeness (QED) is 0.764. The van der Waals surface area contributed by atoms with Crippen molar-refractivity contribution in [3.05, 3.63) is 34.2 Å². The number of pyridine rings is 1. The molecule has 2 heterocycles. The summed E-state index contributed by atoms with van der Waals surface area (Å²) in [4.78, 5) is 23.6. The van der Waals surface area contributed by atoms with Crippen molar-refractivity contribution >= 4 is 5.91 Å². The maximum atomic E-state index is 11.9. The third-order valence-electron chi connectivity index (χ3n) is 3.28. The van der Waals surface area contributed by atoms with Crippen molar-refractivity contribution in [1.29, 1.82) is 0 Å². The molecule has 1 fully saturated rings. The smallest absolute Gasteiger partial charge is 0.251 e. The lowest BCUT2D eigenvalue weighted by Gasteiger charge is -2.26. The largest absolute Gasteiger partial charge is 0.394 e. The average Bonchev–Trinajstić information content (AvgIpc) is 2.82. The molecule has 0 aromatic carbocycles. The highest BCUT2D eigenvalue weighted by Crippen LogP contribution is 2.17. The van der Waals surface area contributed by atoms with E-state index in [1.165, 1.54) is 10.6 Å². The Kier molecular flexibility index (Phi) is 4.01. The van der Waals surface area contributed by atoms with E-state index in [0.29, 0.717) is 19.6 Å². The zero-order valence-electron chi connectivity index (χ0n) is 10.9. The summed E-state index contributed by atoms with van der Waals surface area (Å²) in [6.45, 7) is 2.42. The van der Waals surface area contributed by atoms with E-state index >= 15 is 0 Å². The first-order valence-electron chi connectivity index (χ1n) is 6.21. The van der Waals surface area contributed by atoms with Crippen molar-refractivity contribution in [3.8, 4) is 0 Å². The van der Waals surface area contributed by atoms with E-state index in [1.54, 1.807) is 12.3 Å². The van der Waals surface area contributed by atoms with Crippen LogP contribution in [0.3, 0.4) is 0 Å². The number of hydrogen-bond donors (Lipinski definition) is 2. The van der Waals surface area contributed by atoms with Gasteiger partial charge in [-0.1, -0.05) is 0 Å². The predicted octanol–water partition coefficient (Wildman–Crippen LogP) is -0.576. The number of ether oxygens (including phenoxy) is 1. The Morgan fingerprint density at radius 2 is 2.42 bits per heavy atom. The van der Waals surface area contributed by atoms with Crippen LogP contribution >= 0.6 is 0 Å². The Labute approximate surface area is 111 Å². The van der Waals surface area contributed by atoms with Gasteiger partial charge in [0.2, 0.25) is 5.91 Å². The van der Waals surface area contributed by atoms with E-state index in [2.05, 4.69) is 5.32 Å². The summed E-state index contributed by atoms with van der Waals surface area (Å²) in [6.07, 6.45) is 2.17. The molecule has 1 aromatic rings. The number of rotatable bonds is 4. The Morgan fingerprint density at radius 3 is 3.00 bits per heavy atom. The van der Waals surface area contributed by atoms with E-state index in [4.69, 9.17) is 4.74 Å². The molecular weight excluding hydrogens is 248 g/mol. The van der Waals surface area contributed by atoms with Crippen LogP contribution in [0, 0.1) is 6.92 Å². The van der Waals surface area contributed by atoms with Gasteiger partial charge in [-0.25, -0.2) is 0 Å². The fraction of sp³-hybridized carbons (Fsp3) is 0.538. The highest BCUT2D eigenvalue weighted by atomic mass is 16.5. The lowest BCUT2D eigenvalue weighted by atomic mass is 10.0. The maximum Gasteiger partial charge on any atom is 0.251 e. The Balaban J connectivity index is 2.03. The van der Waals surface area contributed by atoms with Crippen molar-refractivity contribution < 1.29 is 14.6 Å². The maximum absolute atomic E-state index is 11.9. The zero-order valence-corrected chi connectivity index (χ0v) is 10.9. The van der Waals surface area contributed by atoms with Gasteiger partial charge in [-0.2, -0.15) is 0 Å². The second-order valence-corrected chi connectivity index (χ2v) is 4.96. The number of carbonyl (C=O) groups is 1. The van der Waals surface area contributed by atoms with Gasteiger partial charge in [-0.15, -0.1) is 0 Å². The monoisotopic (exact) mass is 266 g/mol. The molecule has 6 nitrogen and oxygen atoms in total. The molecule has 104 valence electrons. The van der Waals surface area contributed by atoms with Crippen LogP contribution in [-0.2, 0) is 16.1 Å². The van der Waals surface area contributed by atoms with Gasteiger partial charge in [0.15, 0.2) is 0 Å². The molecule has 6 heteroatoms. The lowest BCUT2D eigenvalue weighted by molar-refractivity contribution is -0.124. The minimum atomic E-state index is -0.703. The molecule has 1 unspecified atom stereocenters. The van der Waals surface area contributed by atoms with Gasteiger partial charge < -0.3 is 19.7 Å². The van der Waals surface area contributed by atoms with Crippen LogP contribution < -0.4 is 10.9 Å². The number of aromatic nitrogens is 1. The van der Waals surface area contributed by atoms with Gasteiger partial charge in [0.05, 0.1) is 18.8 Å². The van der Waals surface area contributed by atoms with Crippen molar-refractivity contribution in [1.82, 2.24) is 9.88 Å². The van der Waals surface area contributed by atoms with Gasteiger partial charge in [-0.3, -0.25) is 9.59 Å². The summed E-state index contributed by atoms with van der Waals surface area (Å²) in [5, 5.41) is 12.1. The van der Waals surface area contributed by atoms with Gasteiger partial charge in [0, 0.05) is 18.9 Å². The topological polar surface area (TPSA) is 80.6 Å². The van der Waals surface area contributed by atoms with Crippen LogP contribution in [0.15, 0.2) is 23.1 Å². The molecule has 0 radical (unpaired) electrons. The van der Waals surface area contributed by atoms with Crippen LogP contribution in [0.1, 0.15) is 12.0 Å². The van der Waals surface area contributed by atoms with Crippen LogP contribution in [0.5, 0.6) is 0 Å². The van der Waals surface area contributed by atoms with Gasteiger partial charge in [0.25, 0.3) is 5.56 Å². The molecule has 1 aliphatic heterocycles. The fourth-order valence-corrected chi connectivity index (χ4v) is 2.10. The number of nitrogens with zero attached hydrogens (tertiary/aromatic N) is 1. The summed E-state index contributed by atoms with van der Waals surface area (Å²) in [5.74, 6) is -0.300. The highest BCUT2D eigenvalue weighted by Gasteiger charge is 2.35. The molecule has 0 saturated carbocycles. The fourth-order valence-electron chi connectivity index (χ4n) is 2.10. The van der Waals surface area contributed by atoms with Crippen LogP contribution in [0.25, 0.3) is 0 Å². The number of aliphatic hydroxyl groups excluding tert-OH is 1. The molecule has 0 aliphatic carbocycles. The summed E-state index contributed by atoms with van der Waals surface area (Å²) < 4.78 is 6.54. The molecule has 0 spiro atoms. The van der Waals surface area contributed by atoms with E-state index < -0.39 is 5.54 Å². The van der Waals surface area contributed by atoms with Crippen molar-refractivity contribution in [3.63, 3.8) is 0 Å². The molecule has 2 rings (SSSR count). The first-order valence-corrected chi connectivity index (χ1v) is 6.21. The molecule has 1 aromatic heterocycles. The first kappa shape index (κ1) is 13.8. The summed E-state index contributed by atoms with van der Waals surface area (Å²) >= 11 is 0. The molecular formula is C13H18N2O4. The summed E-state index contributed by atoms with van der Waals surface area (Å²) in [5.41, 5.74) is -0.0562. The van der Waals surface area contributed by atoms with Gasteiger partial charge in [-0.05, 0) is 25.0 Å². The number of nitrogens with one attached hydrogen (secondary N) is 1. The second kappa shape index (κ2) is 5.54. The predicted molar refractivity (Wildman–Crippen MR) is 68.8 cm³/mol. The molecule has 2 N–H and O–H groups in total. The summed E-state index contributed by atoms with van der Waals surface area (Å²) in [7, 11) is 0. The molecule has 1 amide bonds. The van der Waals surface area contributed by atoms with Crippen molar-refractivity contribution in [2.75, 3.05) is 19.8 Å². The zero-order chi connectivity index (χ0) is 13.9. The molecule has 1 saturated heterocycles. The number of hydrogen-bond acceptors (Lipinski definition) is 4. The highest BCUT2D eigenvalue weighted by molar-refractivity contribution is 5.76. The molecule has 19 heavy (non-hydrogen) atoms. The Hall–Kier alpha value is -1.66. The van der Waals surface area contributed by atoms with Crippen molar-refractivity contribution in [2.24, 2.45) is 0 Å². The number of aryl methyl sites for hydroxylation is 1. The standard InChI is InChI=1S/C13H18N2O4/c1-10-2-4-15(12(18)6-10)7-11(17)14-13(8-16)3-5-19-9-13/h2,4,6,16H,3,5,7-9H2,1H3,(H,14,17). The third-order valence-corrected chi connectivity index (χ3v) is 3.28. The number of carbonyl (C=O) groups excluding carboxylic acids is 1. The van der Waals surface area contributed by atoms with E-state index in [1.807, 2.05) is 6.92 Å². The number of aliphatic hydroxyl groups is 1. The molecule has 1 atom stereocenters. The van der Waals surface area contributed by atoms with Gasteiger partial charge in [0.1, 0.15) is 6.54 Å². The lowest BCUT2D eigenvalue weighted by Crippen LogP contribution is -2.53. The van der Waals surface area contributed by atoms with Crippen LogP contribution in [0.4, 0.5) is 0 Å². The van der Waals surface area contributed by atoms with Crippen molar-refractivity contribution in [2.45, 2.75) is 25.4 Å². The minimum absolute atomic E-state index is 0.0547. The Morgan fingerprint density at radius 1 is 1.63 bits per heavy atom. The van der Waals surface area contributed by atoms with E-state index in [0.717, 1.165) is 5.56 Å². The average molecular weight is 266 g/mol. The second-order valence-electron chi connectivity index (χ2n) is 4.96. The SMILES string of the molecule is Cc1ccn(CC(=O)NC2(CO)CCOC2)c(=O)c1. The molecule has 1 aliphatic rings. The van der Waals surface area contributed by atoms with E-state index in [9.17, 15) is 14.7 Å². The first-order chi connectivity index (χ1) is 9.04. The normalized spacial score (nSPS) is 22.4. The summed E-state index contributed by atoms with van der Waals surface area (Å²) in [6, 6.07) is 3.25. The minimum Gasteiger partial charge on any atom is -0.394 e. The third kappa shape index (κ3) is 3.21.